The van der Waals surface area contributed by atoms with Gasteiger partial charge < -0.3 is 14.0 Å². The lowest BCUT2D eigenvalue weighted by Crippen LogP contribution is -2.22. The minimum atomic E-state index is -0.525. The number of benzene rings is 2. The van der Waals surface area contributed by atoms with Crippen molar-refractivity contribution in [3.63, 3.8) is 0 Å². The van der Waals surface area contributed by atoms with Crippen LogP contribution < -0.4 is 4.80 Å². The van der Waals surface area contributed by atoms with Crippen LogP contribution in [0.4, 0.5) is 5.69 Å². The number of carbonyl (C=O) groups excluding carboxylic acids is 3. The predicted octanol–water partition coefficient (Wildman–Crippen LogP) is 2.63. The van der Waals surface area contributed by atoms with E-state index in [1.54, 1.807) is 25.1 Å². The first-order chi connectivity index (χ1) is 15.3. The fourth-order valence-corrected chi connectivity index (χ4v) is 3.99. The zero-order valence-electron chi connectivity index (χ0n) is 17.3. The van der Waals surface area contributed by atoms with Gasteiger partial charge in [-0.3, -0.25) is 19.7 Å². The number of methoxy groups -OCH3 is 1. The number of fused-ring (bicyclic) bond motifs is 1. The van der Waals surface area contributed by atoms with Crippen molar-refractivity contribution in [3.05, 3.63) is 68.5 Å². The fourth-order valence-electron chi connectivity index (χ4n) is 2.90. The Balaban J connectivity index is 1.98. The molecular formula is C21H19N3O7S. The number of thiazole rings is 1. The summed E-state index contributed by atoms with van der Waals surface area (Å²) >= 11 is 1.14. The van der Waals surface area contributed by atoms with Crippen LogP contribution in [-0.4, -0.2) is 41.1 Å². The molecule has 2 aromatic carbocycles. The lowest BCUT2D eigenvalue weighted by Gasteiger charge is -2.05. The van der Waals surface area contributed by atoms with Crippen molar-refractivity contribution in [2.45, 2.75) is 19.9 Å². The minimum Gasteiger partial charge on any atom is -0.468 e. The summed E-state index contributed by atoms with van der Waals surface area (Å²) in [7, 11) is 1.26. The number of nitro groups is 1. The highest BCUT2D eigenvalue weighted by Gasteiger charge is 2.15. The molecule has 10 nitrogen and oxygen atoms in total. The van der Waals surface area contributed by atoms with E-state index in [1.807, 2.05) is 0 Å². The molecule has 0 N–H and O–H groups in total. The van der Waals surface area contributed by atoms with Crippen molar-refractivity contribution < 1.29 is 28.8 Å². The Kier molecular flexibility index (Phi) is 7.11. The first-order valence-corrected chi connectivity index (χ1v) is 10.3. The van der Waals surface area contributed by atoms with Gasteiger partial charge in [0.05, 0.1) is 40.8 Å². The highest BCUT2D eigenvalue weighted by molar-refractivity contribution is 7.16. The molecule has 166 valence electrons. The average molecular weight is 457 g/mol. The third-order valence-corrected chi connectivity index (χ3v) is 5.47. The maximum atomic E-state index is 12.5. The third-order valence-electron chi connectivity index (χ3n) is 4.43. The second-order valence-electron chi connectivity index (χ2n) is 6.56. The molecule has 0 aliphatic rings. The second kappa shape index (κ2) is 9.96. The van der Waals surface area contributed by atoms with Crippen LogP contribution in [0.15, 0.2) is 47.5 Å². The molecule has 0 bridgehead atoms. The molecule has 3 aromatic rings. The maximum Gasteiger partial charge on any atom is 0.338 e. The van der Waals surface area contributed by atoms with Crippen molar-refractivity contribution in [1.82, 2.24) is 4.57 Å². The van der Waals surface area contributed by atoms with Gasteiger partial charge in [-0.2, -0.15) is 4.99 Å². The van der Waals surface area contributed by atoms with Crippen molar-refractivity contribution in [1.29, 1.82) is 0 Å². The van der Waals surface area contributed by atoms with Crippen molar-refractivity contribution in [2.24, 2.45) is 4.99 Å². The number of nitrogens with zero attached hydrogens (tertiary/aromatic N) is 3. The van der Waals surface area contributed by atoms with Crippen molar-refractivity contribution in [2.75, 3.05) is 13.7 Å². The Hall–Kier alpha value is -3.86. The van der Waals surface area contributed by atoms with Crippen LogP contribution in [0.1, 0.15) is 22.8 Å². The van der Waals surface area contributed by atoms with Crippen LogP contribution in [-0.2, 0) is 32.0 Å². The second-order valence-corrected chi connectivity index (χ2v) is 7.56. The Morgan fingerprint density at radius 3 is 2.50 bits per heavy atom. The van der Waals surface area contributed by atoms with E-state index in [0.29, 0.717) is 21.3 Å². The van der Waals surface area contributed by atoms with E-state index in [2.05, 4.69) is 4.99 Å². The number of non-ortho nitro benzene ring substituents is 1. The van der Waals surface area contributed by atoms with Gasteiger partial charge in [-0.25, -0.2) is 4.79 Å². The molecular weight excluding hydrogens is 438 g/mol. The van der Waals surface area contributed by atoms with E-state index in [9.17, 15) is 24.5 Å². The summed E-state index contributed by atoms with van der Waals surface area (Å²) in [5, 5.41) is 10.8. The SMILES string of the molecule is CCOC(=O)c1ccc2c(c1)sc(=NC(=O)Cc1ccc([N+](=O)[O-])cc1)n2CC(=O)OC. The standard InChI is InChI=1S/C21H19N3O7S/c1-3-31-20(27)14-6-9-16-17(11-14)32-21(23(16)12-19(26)30-2)22-18(25)10-13-4-7-15(8-5-13)24(28)29/h4-9,11H,3,10,12H2,1-2H3. The van der Waals surface area contributed by atoms with Crippen LogP contribution in [0.25, 0.3) is 10.2 Å². The quantitative estimate of drug-likeness (QED) is 0.303. The molecule has 11 heteroatoms. The number of ether oxygens (including phenoxy) is 2. The summed E-state index contributed by atoms with van der Waals surface area (Å²) in [6, 6.07) is 10.5. The number of carbonyl (C=O) groups is 3. The monoisotopic (exact) mass is 457 g/mol. The summed E-state index contributed by atoms with van der Waals surface area (Å²) < 4.78 is 11.9. The van der Waals surface area contributed by atoms with Gasteiger partial charge in [-0.05, 0) is 30.7 Å². The first kappa shape index (κ1) is 22.8. The molecule has 0 fully saturated rings. The number of nitro benzene ring substituents is 1. The van der Waals surface area contributed by atoms with E-state index >= 15 is 0 Å². The Morgan fingerprint density at radius 2 is 1.88 bits per heavy atom. The molecule has 0 radical (unpaired) electrons. The molecule has 0 atom stereocenters. The van der Waals surface area contributed by atoms with Crippen LogP contribution in [0.3, 0.4) is 0 Å². The number of hydrogen-bond donors (Lipinski definition) is 0. The topological polar surface area (TPSA) is 130 Å². The summed E-state index contributed by atoms with van der Waals surface area (Å²) in [6.45, 7) is 1.78. The van der Waals surface area contributed by atoms with Gasteiger partial charge in [-0.1, -0.05) is 23.5 Å². The molecule has 32 heavy (non-hydrogen) atoms. The average Bonchev–Trinajstić information content (AvgIpc) is 3.09. The van der Waals surface area contributed by atoms with E-state index in [0.717, 1.165) is 11.3 Å². The normalized spacial score (nSPS) is 11.4. The molecule has 1 amide bonds. The van der Waals surface area contributed by atoms with Crippen LogP contribution in [0.2, 0.25) is 0 Å². The largest absolute Gasteiger partial charge is 0.468 e. The maximum absolute atomic E-state index is 12.5. The van der Waals surface area contributed by atoms with E-state index in [4.69, 9.17) is 9.47 Å². The zero-order chi connectivity index (χ0) is 23.3. The predicted molar refractivity (Wildman–Crippen MR) is 115 cm³/mol. The molecule has 1 aromatic heterocycles. The fraction of sp³-hybridized carbons (Fsp3) is 0.238. The molecule has 0 spiro atoms. The highest BCUT2D eigenvalue weighted by atomic mass is 32.1. The van der Waals surface area contributed by atoms with Gasteiger partial charge in [0.15, 0.2) is 4.80 Å². The zero-order valence-corrected chi connectivity index (χ0v) is 18.1. The van der Waals surface area contributed by atoms with Gasteiger partial charge in [0, 0.05) is 12.1 Å². The summed E-state index contributed by atoms with van der Waals surface area (Å²) in [6.07, 6.45) is -0.0709. The van der Waals surface area contributed by atoms with E-state index < -0.39 is 22.8 Å². The summed E-state index contributed by atoms with van der Waals surface area (Å²) in [4.78, 5) is 51.1. The Labute approximate surface area is 185 Å². The molecule has 0 unspecified atom stereocenters. The van der Waals surface area contributed by atoms with Gasteiger partial charge in [0.1, 0.15) is 6.54 Å². The molecule has 3 rings (SSSR count). The summed E-state index contributed by atoms with van der Waals surface area (Å²) in [5.41, 5.74) is 1.44. The lowest BCUT2D eigenvalue weighted by atomic mass is 10.1. The number of esters is 2. The highest BCUT2D eigenvalue weighted by Crippen LogP contribution is 2.20. The van der Waals surface area contributed by atoms with Crippen LogP contribution in [0.5, 0.6) is 0 Å². The van der Waals surface area contributed by atoms with Gasteiger partial charge in [0.25, 0.3) is 11.6 Å². The number of aromatic nitrogens is 1. The molecule has 1 heterocycles. The lowest BCUT2D eigenvalue weighted by molar-refractivity contribution is -0.384. The molecule has 0 saturated heterocycles. The smallest absolute Gasteiger partial charge is 0.338 e. The van der Waals surface area contributed by atoms with Gasteiger partial charge in [-0.15, -0.1) is 0 Å². The van der Waals surface area contributed by atoms with E-state index in [-0.39, 0.29) is 30.1 Å². The van der Waals surface area contributed by atoms with Crippen LogP contribution >= 0.6 is 11.3 Å². The molecule has 0 saturated carbocycles. The summed E-state index contributed by atoms with van der Waals surface area (Å²) in [5.74, 6) is -1.49. The van der Waals surface area contributed by atoms with Crippen molar-refractivity contribution in [3.8, 4) is 0 Å². The minimum absolute atomic E-state index is 0.0709. The first-order valence-electron chi connectivity index (χ1n) is 9.50. The molecule has 0 aliphatic heterocycles. The Morgan fingerprint density at radius 1 is 1.16 bits per heavy atom. The number of hydrogen-bond acceptors (Lipinski definition) is 8. The Bertz CT molecular complexity index is 1260. The van der Waals surface area contributed by atoms with Crippen molar-refractivity contribution >= 4 is 45.1 Å². The third kappa shape index (κ3) is 5.24. The number of amides is 1. The molecule has 0 aliphatic carbocycles. The number of rotatable bonds is 7. The van der Waals surface area contributed by atoms with E-state index in [1.165, 1.54) is 35.9 Å². The van der Waals surface area contributed by atoms with Gasteiger partial charge >= 0.3 is 11.9 Å². The van der Waals surface area contributed by atoms with Gasteiger partial charge in [0.2, 0.25) is 0 Å². The van der Waals surface area contributed by atoms with Crippen LogP contribution in [0, 0.1) is 10.1 Å².